The molecule has 0 saturated carbocycles. The molecule has 2 N–H and O–H groups in total. The van der Waals surface area contributed by atoms with Gasteiger partial charge in [-0.3, -0.25) is 19.0 Å². The van der Waals surface area contributed by atoms with Crippen molar-refractivity contribution in [2.75, 3.05) is 19.0 Å². The number of carbonyl (C=O) groups is 2. The van der Waals surface area contributed by atoms with E-state index in [0.29, 0.717) is 34.6 Å². The maximum absolute atomic E-state index is 13.6. The van der Waals surface area contributed by atoms with Crippen LogP contribution < -0.4 is 26.6 Å². The SMILES string of the molecule is CCCCNC(=O)Cc1ccc(-n2c(=O)c3ccccc3n(CC(=O)Nc3ccc(OC)cc3)c2=O)cc1. The van der Waals surface area contributed by atoms with Gasteiger partial charge in [-0.2, -0.15) is 0 Å². The van der Waals surface area contributed by atoms with Gasteiger partial charge in [0.2, 0.25) is 11.8 Å². The Hall–Kier alpha value is -4.66. The third-order valence-corrected chi connectivity index (χ3v) is 6.14. The highest BCUT2D eigenvalue weighted by atomic mass is 16.5. The van der Waals surface area contributed by atoms with Gasteiger partial charge < -0.3 is 15.4 Å². The third kappa shape index (κ3) is 6.00. The zero-order chi connectivity index (χ0) is 27.1. The zero-order valence-corrected chi connectivity index (χ0v) is 21.4. The summed E-state index contributed by atoms with van der Waals surface area (Å²) in [7, 11) is 1.55. The maximum atomic E-state index is 13.6. The van der Waals surface area contributed by atoms with Crippen molar-refractivity contribution in [3.8, 4) is 11.4 Å². The number of amides is 2. The summed E-state index contributed by atoms with van der Waals surface area (Å²) in [6.07, 6.45) is 2.11. The zero-order valence-electron chi connectivity index (χ0n) is 21.4. The van der Waals surface area contributed by atoms with Gasteiger partial charge in [0.1, 0.15) is 12.3 Å². The average Bonchev–Trinajstić information content (AvgIpc) is 2.92. The van der Waals surface area contributed by atoms with Crippen LogP contribution in [-0.2, 0) is 22.6 Å². The van der Waals surface area contributed by atoms with Gasteiger partial charge in [-0.05, 0) is 60.5 Å². The number of benzene rings is 3. The quantitative estimate of drug-likeness (QED) is 0.316. The lowest BCUT2D eigenvalue weighted by Gasteiger charge is -2.14. The van der Waals surface area contributed by atoms with Gasteiger partial charge in [-0.15, -0.1) is 0 Å². The molecule has 1 heterocycles. The molecule has 1 aromatic heterocycles. The first-order chi connectivity index (χ1) is 18.4. The summed E-state index contributed by atoms with van der Waals surface area (Å²) in [4.78, 5) is 51.9. The van der Waals surface area contributed by atoms with E-state index >= 15 is 0 Å². The van der Waals surface area contributed by atoms with Crippen LogP contribution in [-0.4, -0.2) is 34.6 Å². The van der Waals surface area contributed by atoms with E-state index in [9.17, 15) is 19.2 Å². The van der Waals surface area contributed by atoms with Crippen molar-refractivity contribution in [3.63, 3.8) is 0 Å². The minimum absolute atomic E-state index is 0.0840. The van der Waals surface area contributed by atoms with Crippen LogP contribution >= 0.6 is 0 Å². The number of para-hydroxylation sites is 1. The average molecular weight is 515 g/mol. The Balaban J connectivity index is 1.63. The van der Waals surface area contributed by atoms with E-state index < -0.39 is 17.2 Å². The van der Waals surface area contributed by atoms with Gasteiger partial charge >= 0.3 is 5.69 Å². The molecule has 0 fully saturated rings. The maximum Gasteiger partial charge on any atom is 0.336 e. The van der Waals surface area contributed by atoms with Crippen molar-refractivity contribution in [3.05, 3.63) is 99.2 Å². The Kier molecular flexibility index (Phi) is 8.37. The van der Waals surface area contributed by atoms with Crippen molar-refractivity contribution < 1.29 is 14.3 Å². The number of nitrogens with zero attached hydrogens (tertiary/aromatic N) is 2. The Bertz CT molecular complexity index is 1550. The van der Waals surface area contributed by atoms with Crippen LogP contribution in [0.1, 0.15) is 25.3 Å². The molecule has 0 saturated heterocycles. The molecule has 2 amide bonds. The minimum atomic E-state index is -0.636. The van der Waals surface area contributed by atoms with Crippen molar-refractivity contribution in [1.82, 2.24) is 14.5 Å². The number of aromatic nitrogens is 2. The molecule has 9 heteroatoms. The highest BCUT2D eigenvalue weighted by Crippen LogP contribution is 2.16. The number of hydrogen-bond donors (Lipinski definition) is 2. The molecule has 0 aliphatic carbocycles. The number of carbonyl (C=O) groups excluding carboxylic acids is 2. The van der Waals surface area contributed by atoms with E-state index in [-0.39, 0.29) is 18.9 Å². The first-order valence-corrected chi connectivity index (χ1v) is 12.5. The highest BCUT2D eigenvalue weighted by Gasteiger charge is 2.17. The largest absolute Gasteiger partial charge is 0.497 e. The molecule has 38 heavy (non-hydrogen) atoms. The Morgan fingerprint density at radius 2 is 1.61 bits per heavy atom. The van der Waals surface area contributed by atoms with Gasteiger partial charge in [0, 0.05) is 12.2 Å². The van der Waals surface area contributed by atoms with E-state index in [0.717, 1.165) is 23.0 Å². The molecule has 0 bridgehead atoms. The number of anilines is 1. The second kappa shape index (κ2) is 12.1. The van der Waals surface area contributed by atoms with E-state index in [1.807, 2.05) is 0 Å². The second-order valence-corrected chi connectivity index (χ2v) is 8.85. The van der Waals surface area contributed by atoms with Crippen LogP contribution in [0.3, 0.4) is 0 Å². The molecule has 0 radical (unpaired) electrons. The molecule has 9 nitrogen and oxygen atoms in total. The molecule has 4 rings (SSSR count). The van der Waals surface area contributed by atoms with Crippen LogP contribution in [0.25, 0.3) is 16.6 Å². The molecular formula is C29H30N4O5. The normalized spacial score (nSPS) is 10.8. The molecule has 0 aliphatic rings. The predicted octanol–water partition coefficient (Wildman–Crippen LogP) is 3.26. The predicted molar refractivity (Wildman–Crippen MR) is 147 cm³/mol. The molecule has 0 aliphatic heterocycles. The van der Waals surface area contributed by atoms with Crippen molar-refractivity contribution in [1.29, 1.82) is 0 Å². The van der Waals surface area contributed by atoms with Crippen molar-refractivity contribution in [2.45, 2.75) is 32.7 Å². The van der Waals surface area contributed by atoms with Gasteiger partial charge in [0.15, 0.2) is 0 Å². The summed E-state index contributed by atoms with van der Waals surface area (Å²) < 4.78 is 7.47. The molecule has 196 valence electrons. The van der Waals surface area contributed by atoms with Crippen LogP contribution in [0.2, 0.25) is 0 Å². The fourth-order valence-electron chi connectivity index (χ4n) is 4.14. The minimum Gasteiger partial charge on any atom is -0.497 e. The molecular weight excluding hydrogens is 484 g/mol. The van der Waals surface area contributed by atoms with E-state index in [1.54, 1.807) is 79.9 Å². The number of ether oxygens (including phenoxy) is 1. The first kappa shape index (κ1) is 26.4. The summed E-state index contributed by atoms with van der Waals surface area (Å²) >= 11 is 0. The van der Waals surface area contributed by atoms with Crippen LogP contribution in [0.4, 0.5) is 5.69 Å². The summed E-state index contributed by atoms with van der Waals surface area (Å²) in [5, 5.41) is 5.95. The first-order valence-electron chi connectivity index (χ1n) is 12.5. The Morgan fingerprint density at radius 1 is 0.895 bits per heavy atom. The fourth-order valence-corrected chi connectivity index (χ4v) is 4.14. The highest BCUT2D eigenvalue weighted by molar-refractivity contribution is 5.91. The van der Waals surface area contributed by atoms with Crippen LogP contribution in [0.5, 0.6) is 5.75 Å². The number of nitrogens with one attached hydrogen (secondary N) is 2. The molecule has 4 aromatic rings. The monoisotopic (exact) mass is 514 g/mol. The Labute approximate surface area is 219 Å². The van der Waals surface area contributed by atoms with Gasteiger partial charge in [-0.25, -0.2) is 9.36 Å². The van der Waals surface area contributed by atoms with E-state index in [1.165, 1.54) is 4.57 Å². The lowest BCUT2D eigenvalue weighted by Crippen LogP contribution is -2.40. The van der Waals surface area contributed by atoms with Crippen LogP contribution in [0.15, 0.2) is 82.4 Å². The number of unbranched alkanes of at least 4 members (excludes halogenated alkanes) is 1. The lowest BCUT2D eigenvalue weighted by molar-refractivity contribution is -0.120. The summed E-state index contributed by atoms with van der Waals surface area (Å²) in [6, 6.07) is 20.2. The molecule has 0 atom stereocenters. The summed E-state index contributed by atoms with van der Waals surface area (Å²) in [6.45, 7) is 2.40. The lowest BCUT2D eigenvalue weighted by atomic mass is 10.1. The number of fused-ring (bicyclic) bond motifs is 1. The molecule has 0 spiro atoms. The number of methoxy groups -OCH3 is 1. The standard InChI is InChI=1S/C29H30N4O5/c1-3-4-17-30-26(34)18-20-9-13-22(14-10-20)33-28(36)24-7-5-6-8-25(24)32(29(33)37)19-27(35)31-21-11-15-23(38-2)16-12-21/h5-16H,3-4,17-19H2,1-2H3,(H,30,34)(H,31,35). The third-order valence-electron chi connectivity index (χ3n) is 6.14. The fraction of sp³-hybridized carbons (Fsp3) is 0.241. The second-order valence-electron chi connectivity index (χ2n) is 8.85. The Morgan fingerprint density at radius 3 is 2.29 bits per heavy atom. The summed E-state index contributed by atoms with van der Waals surface area (Å²) in [5.74, 6) is 0.150. The smallest absolute Gasteiger partial charge is 0.336 e. The number of rotatable bonds is 10. The topological polar surface area (TPSA) is 111 Å². The van der Waals surface area contributed by atoms with Crippen molar-refractivity contribution >= 4 is 28.4 Å². The summed E-state index contributed by atoms with van der Waals surface area (Å²) in [5.41, 5.74) is 0.909. The van der Waals surface area contributed by atoms with E-state index in [2.05, 4.69) is 17.6 Å². The van der Waals surface area contributed by atoms with Gasteiger partial charge in [0.05, 0.1) is 30.1 Å². The van der Waals surface area contributed by atoms with Gasteiger partial charge in [-0.1, -0.05) is 37.6 Å². The molecule has 3 aromatic carbocycles. The van der Waals surface area contributed by atoms with Gasteiger partial charge in [0.25, 0.3) is 5.56 Å². The van der Waals surface area contributed by atoms with Crippen molar-refractivity contribution in [2.24, 2.45) is 0 Å². The number of hydrogen-bond acceptors (Lipinski definition) is 5. The van der Waals surface area contributed by atoms with Crippen LogP contribution in [0, 0.1) is 0 Å². The van der Waals surface area contributed by atoms with E-state index in [4.69, 9.17) is 4.74 Å². The molecule has 0 unspecified atom stereocenters.